The number of hydrogen-bond donors (Lipinski definition) is 2. The van der Waals surface area contributed by atoms with Gasteiger partial charge in [0.2, 0.25) is 5.91 Å². The van der Waals surface area contributed by atoms with E-state index in [-0.39, 0.29) is 23.4 Å². The van der Waals surface area contributed by atoms with Crippen LogP contribution in [0.3, 0.4) is 0 Å². The summed E-state index contributed by atoms with van der Waals surface area (Å²) in [5.41, 5.74) is 6.50. The van der Waals surface area contributed by atoms with Crippen LogP contribution in [0.2, 0.25) is 0 Å². The molecule has 3 aliphatic carbocycles. The number of carbonyl (C=O) groups excluding carboxylic acids is 1. The van der Waals surface area contributed by atoms with Gasteiger partial charge in [0.15, 0.2) is 0 Å². The van der Waals surface area contributed by atoms with E-state index in [0.29, 0.717) is 12.0 Å². The van der Waals surface area contributed by atoms with Crippen LogP contribution in [0.15, 0.2) is 0 Å². The smallest absolute Gasteiger partial charge is 0.240 e. The van der Waals surface area contributed by atoms with Gasteiger partial charge in [-0.3, -0.25) is 4.79 Å². The Morgan fingerprint density at radius 1 is 1.37 bits per heavy atom. The largest absolute Gasteiger partial charge is 0.330 e. The molecule has 4 atom stereocenters. The van der Waals surface area contributed by atoms with E-state index in [2.05, 4.69) is 0 Å². The maximum atomic E-state index is 12.8. The first-order valence-electron chi connectivity index (χ1n) is 7.73. The highest BCUT2D eigenvalue weighted by Crippen LogP contribution is 2.56. The molecule has 0 aromatic heterocycles. The Balaban J connectivity index is 1.55. The molecule has 3 saturated carbocycles. The SMILES string of the molecule is N=C[C@@H]1C[C@@H]2C[C@@H]2N1C(=O)[C@@H](N)C12CCC(CC1)C2. The van der Waals surface area contributed by atoms with E-state index in [4.69, 9.17) is 11.1 Å². The standard InChI is InChI=1S/C15H23N3O/c16-8-11-5-10-6-12(10)18(11)14(19)13(17)15-3-1-9(7-15)2-4-15/h8-13,16H,1-7,17H2/t9?,10-,11+,12+,13-,15?/m1/s1. The molecule has 1 amide bonds. The summed E-state index contributed by atoms with van der Waals surface area (Å²) in [5.74, 6) is 1.62. The first kappa shape index (κ1) is 11.9. The maximum Gasteiger partial charge on any atom is 0.240 e. The van der Waals surface area contributed by atoms with Crippen LogP contribution < -0.4 is 5.73 Å². The minimum atomic E-state index is -0.318. The molecular formula is C15H23N3O. The van der Waals surface area contributed by atoms with Gasteiger partial charge in [0.05, 0.1) is 12.1 Å². The fraction of sp³-hybridized carbons (Fsp3) is 0.867. The molecule has 4 rings (SSSR count). The van der Waals surface area contributed by atoms with E-state index < -0.39 is 0 Å². The van der Waals surface area contributed by atoms with Gasteiger partial charge in [-0.1, -0.05) is 0 Å². The molecule has 19 heavy (non-hydrogen) atoms. The summed E-state index contributed by atoms with van der Waals surface area (Å²) in [7, 11) is 0. The number of carbonyl (C=O) groups is 1. The zero-order valence-electron chi connectivity index (χ0n) is 11.3. The molecule has 4 aliphatic rings. The summed E-state index contributed by atoms with van der Waals surface area (Å²) >= 11 is 0. The molecule has 2 bridgehead atoms. The van der Waals surface area contributed by atoms with Crippen molar-refractivity contribution in [3.05, 3.63) is 0 Å². The molecule has 0 aromatic carbocycles. The van der Waals surface area contributed by atoms with Crippen molar-refractivity contribution >= 4 is 12.1 Å². The quantitative estimate of drug-likeness (QED) is 0.756. The van der Waals surface area contributed by atoms with Crippen LogP contribution in [-0.2, 0) is 4.79 Å². The Kier molecular flexibility index (Phi) is 2.39. The van der Waals surface area contributed by atoms with Gasteiger partial charge in [-0.2, -0.15) is 0 Å². The van der Waals surface area contributed by atoms with Gasteiger partial charge < -0.3 is 16.0 Å². The van der Waals surface area contributed by atoms with Crippen LogP contribution in [0.5, 0.6) is 0 Å². The molecule has 0 unspecified atom stereocenters. The van der Waals surface area contributed by atoms with Crippen LogP contribution in [0.1, 0.15) is 44.9 Å². The molecule has 0 radical (unpaired) electrons. The van der Waals surface area contributed by atoms with Gasteiger partial charge in [-0.15, -0.1) is 0 Å². The van der Waals surface area contributed by atoms with Crippen molar-refractivity contribution in [1.29, 1.82) is 5.41 Å². The lowest BCUT2D eigenvalue weighted by Gasteiger charge is -2.36. The zero-order chi connectivity index (χ0) is 13.2. The number of likely N-dealkylation sites (tertiary alicyclic amines) is 1. The molecule has 1 heterocycles. The number of fused-ring (bicyclic) bond motifs is 3. The van der Waals surface area contributed by atoms with Crippen LogP contribution in [-0.4, -0.2) is 35.1 Å². The Morgan fingerprint density at radius 2 is 2.11 bits per heavy atom. The summed E-state index contributed by atoms with van der Waals surface area (Å²) in [6.07, 6.45) is 9.55. The van der Waals surface area contributed by atoms with E-state index in [1.807, 2.05) is 4.90 Å². The van der Waals surface area contributed by atoms with Crippen molar-refractivity contribution in [2.75, 3.05) is 0 Å². The second-order valence-electron chi connectivity index (χ2n) is 7.27. The van der Waals surface area contributed by atoms with Crippen LogP contribution in [0, 0.1) is 22.7 Å². The predicted molar refractivity (Wildman–Crippen MR) is 72.9 cm³/mol. The minimum Gasteiger partial charge on any atom is -0.330 e. The highest BCUT2D eigenvalue weighted by atomic mass is 16.2. The van der Waals surface area contributed by atoms with E-state index >= 15 is 0 Å². The molecule has 1 aliphatic heterocycles. The lowest BCUT2D eigenvalue weighted by molar-refractivity contribution is -0.136. The maximum absolute atomic E-state index is 12.8. The van der Waals surface area contributed by atoms with Crippen molar-refractivity contribution in [2.45, 2.75) is 63.1 Å². The summed E-state index contributed by atoms with van der Waals surface area (Å²) in [6, 6.07) is 0.110. The monoisotopic (exact) mass is 261 g/mol. The molecule has 4 fully saturated rings. The van der Waals surface area contributed by atoms with E-state index in [0.717, 1.165) is 38.0 Å². The lowest BCUT2D eigenvalue weighted by atomic mass is 9.77. The second-order valence-corrected chi connectivity index (χ2v) is 7.27. The summed E-state index contributed by atoms with van der Waals surface area (Å²) in [4.78, 5) is 14.8. The highest BCUT2D eigenvalue weighted by Gasteiger charge is 2.57. The van der Waals surface area contributed by atoms with Crippen LogP contribution in [0.4, 0.5) is 0 Å². The van der Waals surface area contributed by atoms with Gasteiger partial charge in [0, 0.05) is 12.3 Å². The van der Waals surface area contributed by atoms with E-state index in [1.54, 1.807) is 0 Å². The van der Waals surface area contributed by atoms with E-state index in [1.165, 1.54) is 19.1 Å². The van der Waals surface area contributed by atoms with Gasteiger partial charge in [0.25, 0.3) is 0 Å². The fourth-order valence-corrected chi connectivity index (χ4v) is 5.07. The van der Waals surface area contributed by atoms with Gasteiger partial charge in [0.1, 0.15) is 0 Å². The lowest BCUT2D eigenvalue weighted by Crippen LogP contribution is -2.54. The fourth-order valence-electron chi connectivity index (χ4n) is 5.07. The predicted octanol–water partition coefficient (Wildman–Crippen LogP) is 1.53. The first-order chi connectivity index (χ1) is 9.14. The molecule has 4 nitrogen and oxygen atoms in total. The van der Waals surface area contributed by atoms with Crippen molar-refractivity contribution in [3.63, 3.8) is 0 Å². The molecule has 0 aromatic rings. The number of amides is 1. The van der Waals surface area contributed by atoms with Crippen LogP contribution in [0.25, 0.3) is 0 Å². The Morgan fingerprint density at radius 3 is 2.68 bits per heavy atom. The normalized spacial score (nSPS) is 48.2. The molecule has 1 saturated heterocycles. The Hall–Kier alpha value is -0.900. The third-order valence-electron chi connectivity index (χ3n) is 6.31. The number of nitrogens with one attached hydrogen (secondary N) is 1. The molecular weight excluding hydrogens is 238 g/mol. The van der Waals surface area contributed by atoms with Gasteiger partial charge in [-0.25, -0.2) is 0 Å². The molecule has 3 N–H and O–H groups in total. The van der Waals surface area contributed by atoms with Crippen molar-refractivity contribution in [3.8, 4) is 0 Å². The number of nitrogens with zero attached hydrogens (tertiary/aromatic N) is 1. The molecule has 104 valence electrons. The van der Waals surface area contributed by atoms with Gasteiger partial charge in [-0.05, 0) is 62.2 Å². The van der Waals surface area contributed by atoms with Crippen molar-refractivity contribution < 1.29 is 4.79 Å². The van der Waals surface area contributed by atoms with Crippen LogP contribution >= 0.6 is 0 Å². The second kappa shape index (κ2) is 3.81. The number of rotatable bonds is 3. The summed E-state index contributed by atoms with van der Waals surface area (Å²) in [6.45, 7) is 0. The average molecular weight is 261 g/mol. The van der Waals surface area contributed by atoms with E-state index in [9.17, 15) is 4.79 Å². The summed E-state index contributed by atoms with van der Waals surface area (Å²) < 4.78 is 0. The number of hydrogen-bond acceptors (Lipinski definition) is 3. The Labute approximate surface area is 114 Å². The number of nitrogens with two attached hydrogens (primary N) is 1. The van der Waals surface area contributed by atoms with Gasteiger partial charge >= 0.3 is 0 Å². The topological polar surface area (TPSA) is 70.2 Å². The number of piperidine rings is 1. The third kappa shape index (κ3) is 1.55. The van der Waals surface area contributed by atoms with Crippen molar-refractivity contribution in [2.24, 2.45) is 23.0 Å². The third-order valence-corrected chi connectivity index (χ3v) is 6.31. The average Bonchev–Trinajstić information content (AvgIpc) is 2.86. The zero-order valence-corrected chi connectivity index (χ0v) is 11.3. The Bertz CT molecular complexity index is 427. The van der Waals surface area contributed by atoms with Crippen molar-refractivity contribution in [1.82, 2.24) is 4.90 Å². The highest BCUT2D eigenvalue weighted by molar-refractivity contribution is 5.87. The molecule has 4 heteroatoms. The first-order valence-corrected chi connectivity index (χ1v) is 7.73. The molecule has 0 spiro atoms. The minimum absolute atomic E-state index is 0.0253. The summed E-state index contributed by atoms with van der Waals surface area (Å²) in [5, 5.41) is 7.53.